The van der Waals surface area contributed by atoms with Crippen molar-refractivity contribution in [2.45, 2.75) is 219 Å². The molecule has 0 unspecified atom stereocenters. The highest BCUT2D eigenvalue weighted by Crippen LogP contribution is 2.14. The Balaban J connectivity index is 3.39. The van der Waals surface area contributed by atoms with Gasteiger partial charge in [0.15, 0.2) is 0 Å². The van der Waals surface area contributed by atoms with Gasteiger partial charge in [-0.2, -0.15) is 0 Å². The number of carbonyl (C=O) groups excluding carboxylic acids is 2. The van der Waals surface area contributed by atoms with Gasteiger partial charge in [-0.05, 0) is 38.5 Å². The third kappa shape index (κ3) is 37.0. The molecule has 1 atom stereocenters. The minimum atomic E-state index is -0.957. The van der Waals surface area contributed by atoms with E-state index in [1.807, 2.05) is 0 Å². The van der Waals surface area contributed by atoms with Crippen molar-refractivity contribution in [3.8, 4) is 0 Å². The fourth-order valence-corrected chi connectivity index (χ4v) is 5.73. The first-order valence-corrected chi connectivity index (χ1v) is 19.7. The molecule has 0 rings (SSSR count). The van der Waals surface area contributed by atoms with Gasteiger partial charge in [0, 0.05) is 12.8 Å². The lowest BCUT2D eigenvalue weighted by Crippen LogP contribution is -2.25. The summed E-state index contributed by atoms with van der Waals surface area (Å²) in [5.74, 6) is -0.559. The van der Waals surface area contributed by atoms with E-state index in [2.05, 4.69) is 26.0 Å². The summed E-state index contributed by atoms with van der Waals surface area (Å²) in [5.41, 5.74) is 0. The maximum absolute atomic E-state index is 12.0. The second kappa shape index (κ2) is 37.1. The van der Waals surface area contributed by atoms with Gasteiger partial charge in [0.1, 0.15) is 19.3 Å². The third-order valence-electron chi connectivity index (χ3n) is 8.75. The van der Waals surface area contributed by atoms with Crippen molar-refractivity contribution in [3.63, 3.8) is 0 Å². The molecule has 0 aromatic rings. The van der Waals surface area contributed by atoms with E-state index in [0.29, 0.717) is 12.8 Å². The minimum Gasteiger partial charge on any atom is -0.463 e. The number of aliphatic hydroxyl groups excluding tert-OH is 1. The summed E-state index contributed by atoms with van der Waals surface area (Å²) in [6, 6.07) is 0. The molecule has 5 nitrogen and oxygen atoms in total. The first-order valence-electron chi connectivity index (χ1n) is 19.7. The molecule has 0 bridgehead atoms. The van der Waals surface area contributed by atoms with Gasteiger partial charge in [-0.15, -0.1) is 0 Å². The predicted molar refractivity (Wildman–Crippen MR) is 192 cm³/mol. The largest absolute Gasteiger partial charge is 0.463 e. The number of hydrogen-bond donors (Lipinski definition) is 1. The number of allylic oxidation sites excluding steroid dienone is 2. The molecule has 0 heterocycles. The molecule has 1 N–H and O–H groups in total. The summed E-state index contributed by atoms with van der Waals surface area (Å²) in [5, 5.41) is 10.00. The van der Waals surface area contributed by atoms with Crippen LogP contribution >= 0.6 is 0 Å². The summed E-state index contributed by atoms with van der Waals surface area (Å²) in [7, 11) is 0. The fraction of sp³-hybridized carbons (Fsp3) is 0.900. The van der Waals surface area contributed by atoms with E-state index >= 15 is 0 Å². The maximum Gasteiger partial charge on any atom is 0.305 e. The number of rotatable bonds is 36. The van der Waals surface area contributed by atoms with Crippen LogP contribution in [-0.4, -0.2) is 36.4 Å². The SMILES string of the molecule is CCCCCCCC/C=C\CCCCCCCCCCCC(=O)OC[C@H](O)COC(=O)CCCCCCCCCCCCCC. The number of esters is 2. The quantitative estimate of drug-likeness (QED) is 0.0421. The molecule has 0 spiro atoms. The van der Waals surface area contributed by atoms with Crippen LogP contribution in [0.15, 0.2) is 12.2 Å². The molecular weight excluding hydrogens is 560 g/mol. The molecule has 0 aromatic carbocycles. The van der Waals surface area contributed by atoms with Crippen LogP contribution < -0.4 is 0 Å². The van der Waals surface area contributed by atoms with E-state index in [9.17, 15) is 14.7 Å². The Morgan fingerprint density at radius 1 is 0.444 bits per heavy atom. The van der Waals surface area contributed by atoms with Gasteiger partial charge < -0.3 is 14.6 Å². The first-order chi connectivity index (χ1) is 22.1. The van der Waals surface area contributed by atoms with E-state index in [1.165, 1.54) is 154 Å². The van der Waals surface area contributed by atoms with Gasteiger partial charge in [0.2, 0.25) is 0 Å². The Morgan fingerprint density at radius 2 is 0.711 bits per heavy atom. The van der Waals surface area contributed by atoms with E-state index in [4.69, 9.17) is 9.47 Å². The molecule has 0 radical (unpaired) electrons. The smallest absolute Gasteiger partial charge is 0.305 e. The Kier molecular flexibility index (Phi) is 36.0. The van der Waals surface area contributed by atoms with Crippen molar-refractivity contribution >= 4 is 11.9 Å². The minimum absolute atomic E-state index is 0.111. The topological polar surface area (TPSA) is 72.8 Å². The third-order valence-corrected chi connectivity index (χ3v) is 8.75. The Labute approximate surface area is 280 Å². The molecule has 0 saturated carbocycles. The molecule has 0 aliphatic heterocycles. The summed E-state index contributed by atoms with van der Waals surface area (Å²) in [4.78, 5) is 23.9. The highest BCUT2D eigenvalue weighted by molar-refractivity contribution is 5.69. The van der Waals surface area contributed by atoms with Gasteiger partial charge in [0.25, 0.3) is 0 Å². The second-order valence-electron chi connectivity index (χ2n) is 13.4. The Morgan fingerprint density at radius 3 is 1.02 bits per heavy atom. The van der Waals surface area contributed by atoms with Crippen LogP contribution in [0.3, 0.4) is 0 Å². The number of ether oxygens (including phenoxy) is 2. The zero-order valence-electron chi connectivity index (χ0n) is 30.1. The summed E-state index contributed by atoms with van der Waals surface area (Å²) < 4.78 is 10.3. The number of hydrogen-bond acceptors (Lipinski definition) is 5. The molecule has 0 saturated heterocycles. The molecule has 0 aliphatic rings. The lowest BCUT2D eigenvalue weighted by Gasteiger charge is -2.12. The van der Waals surface area contributed by atoms with E-state index < -0.39 is 6.10 Å². The Bertz CT molecular complexity index is 647. The summed E-state index contributed by atoms with van der Waals surface area (Å²) >= 11 is 0. The molecule has 5 heteroatoms. The van der Waals surface area contributed by atoms with E-state index in [1.54, 1.807) is 0 Å². The lowest BCUT2D eigenvalue weighted by molar-refractivity contribution is -0.152. The van der Waals surface area contributed by atoms with Crippen LogP contribution in [0.1, 0.15) is 213 Å². The zero-order valence-corrected chi connectivity index (χ0v) is 30.1. The number of unbranched alkanes of at least 4 members (excludes halogenated alkanes) is 26. The average molecular weight is 637 g/mol. The normalized spacial score (nSPS) is 12.2. The highest BCUT2D eigenvalue weighted by atomic mass is 16.6. The molecule has 0 fully saturated rings. The van der Waals surface area contributed by atoms with Crippen LogP contribution in [0.5, 0.6) is 0 Å². The van der Waals surface area contributed by atoms with Crippen molar-refractivity contribution in [1.82, 2.24) is 0 Å². The van der Waals surface area contributed by atoms with E-state index in [-0.39, 0.29) is 25.2 Å². The maximum atomic E-state index is 12.0. The standard InChI is InChI=1S/C40H76O5/c1-3-5-7-9-11-13-15-17-18-19-20-21-22-23-25-27-29-31-33-35-40(43)45-37-38(41)36-44-39(42)34-32-30-28-26-24-16-14-12-10-8-6-4-2/h17-18,38,41H,3-16,19-37H2,1-2H3/b18-17-/t38-/m1/s1. The van der Waals surface area contributed by atoms with Crippen LogP contribution in [0.25, 0.3) is 0 Å². The van der Waals surface area contributed by atoms with Crippen LogP contribution in [-0.2, 0) is 19.1 Å². The van der Waals surface area contributed by atoms with Crippen LogP contribution in [0.4, 0.5) is 0 Å². The van der Waals surface area contributed by atoms with Gasteiger partial charge in [-0.25, -0.2) is 0 Å². The molecule has 0 aliphatic carbocycles. The first kappa shape index (κ1) is 43.6. The summed E-state index contributed by atoms with van der Waals surface area (Å²) in [6.45, 7) is 4.30. The fourth-order valence-electron chi connectivity index (χ4n) is 5.73. The average Bonchev–Trinajstić information content (AvgIpc) is 3.04. The second-order valence-corrected chi connectivity index (χ2v) is 13.4. The number of aliphatic hydroxyl groups is 1. The molecule has 0 aromatic heterocycles. The van der Waals surface area contributed by atoms with Gasteiger partial charge in [-0.1, -0.05) is 174 Å². The monoisotopic (exact) mass is 637 g/mol. The van der Waals surface area contributed by atoms with Crippen molar-refractivity contribution in [3.05, 3.63) is 12.2 Å². The highest BCUT2D eigenvalue weighted by Gasteiger charge is 2.12. The van der Waals surface area contributed by atoms with Gasteiger partial charge in [-0.3, -0.25) is 9.59 Å². The van der Waals surface area contributed by atoms with Gasteiger partial charge >= 0.3 is 11.9 Å². The summed E-state index contributed by atoms with van der Waals surface area (Å²) in [6.07, 6.45) is 41.2. The molecule has 45 heavy (non-hydrogen) atoms. The Hall–Kier alpha value is -1.36. The van der Waals surface area contributed by atoms with E-state index in [0.717, 1.165) is 32.1 Å². The van der Waals surface area contributed by atoms with Crippen LogP contribution in [0, 0.1) is 0 Å². The van der Waals surface area contributed by atoms with Crippen molar-refractivity contribution < 1.29 is 24.2 Å². The van der Waals surface area contributed by atoms with Crippen molar-refractivity contribution in [2.75, 3.05) is 13.2 Å². The molecular formula is C40H76O5. The van der Waals surface area contributed by atoms with Gasteiger partial charge in [0.05, 0.1) is 0 Å². The molecule has 266 valence electrons. The van der Waals surface area contributed by atoms with Crippen molar-refractivity contribution in [1.29, 1.82) is 0 Å². The predicted octanol–water partition coefficient (Wildman–Crippen LogP) is 12.1. The zero-order chi connectivity index (χ0) is 32.9. The molecule has 0 amide bonds. The van der Waals surface area contributed by atoms with Crippen LogP contribution in [0.2, 0.25) is 0 Å². The number of carbonyl (C=O) groups is 2. The van der Waals surface area contributed by atoms with Crippen molar-refractivity contribution in [2.24, 2.45) is 0 Å². The lowest BCUT2D eigenvalue weighted by atomic mass is 10.0.